The summed E-state index contributed by atoms with van der Waals surface area (Å²) in [6, 6.07) is 20.8. The van der Waals surface area contributed by atoms with Crippen LogP contribution < -0.4 is 4.74 Å². The lowest BCUT2D eigenvalue weighted by molar-refractivity contribution is -0.166. The van der Waals surface area contributed by atoms with Crippen molar-refractivity contribution in [2.24, 2.45) is 0 Å². The van der Waals surface area contributed by atoms with E-state index in [4.69, 9.17) is 37.4 Å². The Balaban J connectivity index is 1.63. The van der Waals surface area contributed by atoms with Gasteiger partial charge in [-0.05, 0) is 65.9 Å². The van der Waals surface area contributed by atoms with Crippen molar-refractivity contribution in [3.63, 3.8) is 0 Å². The molecule has 0 radical (unpaired) electrons. The van der Waals surface area contributed by atoms with Gasteiger partial charge in [0.05, 0.1) is 32.4 Å². The summed E-state index contributed by atoms with van der Waals surface area (Å²) < 4.78 is 17.8. The first kappa shape index (κ1) is 27.5. The fourth-order valence-electron chi connectivity index (χ4n) is 4.92. The Labute approximate surface area is 229 Å². The van der Waals surface area contributed by atoms with Gasteiger partial charge < -0.3 is 19.1 Å². The summed E-state index contributed by atoms with van der Waals surface area (Å²) in [6.45, 7) is 4.96. The average Bonchev–Trinajstić information content (AvgIpc) is 2.89. The van der Waals surface area contributed by atoms with Gasteiger partial charge in [-0.15, -0.1) is 0 Å². The molecule has 0 aromatic heterocycles. The van der Waals surface area contributed by atoms with Crippen LogP contribution in [0.4, 0.5) is 0 Å². The molecule has 0 aliphatic carbocycles. The predicted octanol–water partition coefficient (Wildman–Crippen LogP) is 7.34. The highest BCUT2D eigenvalue weighted by Crippen LogP contribution is 2.42. The lowest BCUT2D eigenvalue weighted by Gasteiger charge is -2.45. The van der Waals surface area contributed by atoms with Crippen molar-refractivity contribution in [3.05, 3.63) is 99.0 Å². The first-order chi connectivity index (χ1) is 17.9. The molecule has 1 heterocycles. The number of rotatable bonds is 10. The molecule has 5 nitrogen and oxygen atoms in total. The average molecular weight is 543 g/mol. The molecule has 1 aliphatic rings. The predicted molar refractivity (Wildman–Crippen MR) is 147 cm³/mol. The first-order valence-corrected chi connectivity index (χ1v) is 13.3. The Hall–Kier alpha value is -2.57. The van der Waals surface area contributed by atoms with Crippen LogP contribution in [-0.2, 0) is 20.9 Å². The van der Waals surface area contributed by atoms with Crippen molar-refractivity contribution in [1.29, 1.82) is 0 Å². The van der Waals surface area contributed by atoms with Gasteiger partial charge in [0, 0.05) is 10.0 Å². The van der Waals surface area contributed by atoms with Crippen molar-refractivity contribution in [2.45, 2.75) is 51.5 Å². The molecule has 1 amide bonds. The SMILES string of the molecule is CCC[C@@H](COCc1ccc(C)c(OC)c1)N1C(=O)CO[C@H](c2cccc(Cl)c2)C1c1ccc(Cl)cc1. The summed E-state index contributed by atoms with van der Waals surface area (Å²) in [4.78, 5) is 15.4. The Morgan fingerprint density at radius 2 is 1.81 bits per heavy atom. The van der Waals surface area contributed by atoms with Gasteiger partial charge in [-0.2, -0.15) is 0 Å². The van der Waals surface area contributed by atoms with Gasteiger partial charge in [0.25, 0.3) is 0 Å². The van der Waals surface area contributed by atoms with E-state index in [9.17, 15) is 4.79 Å². The van der Waals surface area contributed by atoms with E-state index in [0.717, 1.165) is 40.8 Å². The van der Waals surface area contributed by atoms with Gasteiger partial charge in [-0.1, -0.05) is 72.9 Å². The summed E-state index contributed by atoms with van der Waals surface area (Å²) in [5.74, 6) is 0.777. The molecule has 1 aliphatic heterocycles. The third-order valence-electron chi connectivity index (χ3n) is 6.72. The smallest absolute Gasteiger partial charge is 0.249 e. The molecular weight excluding hydrogens is 509 g/mol. The Morgan fingerprint density at radius 3 is 2.51 bits per heavy atom. The third-order valence-corrected chi connectivity index (χ3v) is 7.20. The van der Waals surface area contributed by atoms with Gasteiger partial charge in [-0.25, -0.2) is 0 Å². The molecule has 4 rings (SSSR count). The number of carbonyl (C=O) groups excluding carboxylic acids is 1. The van der Waals surface area contributed by atoms with Crippen molar-refractivity contribution >= 4 is 29.1 Å². The van der Waals surface area contributed by atoms with E-state index in [-0.39, 0.29) is 30.7 Å². The van der Waals surface area contributed by atoms with Crippen LogP contribution in [0.25, 0.3) is 0 Å². The number of morpholine rings is 1. The number of carbonyl (C=O) groups is 1. The lowest BCUT2D eigenvalue weighted by atomic mass is 9.91. The molecule has 196 valence electrons. The van der Waals surface area contributed by atoms with Crippen molar-refractivity contribution in [1.82, 2.24) is 4.90 Å². The highest BCUT2D eigenvalue weighted by atomic mass is 35.5. The standard InChI is InChI=1S/C30H33Cl2NO4/c1-4-6-26(18-36-17-21-10-9-20(2)27(15-21)35-3)33-28(34)19-37-30(23-7-5-8-25(32)16-23)29(33)22-11-13-24(31)14-12-22/h5,7-16,26,29-30H,4,6,17-19H2,1-3H3/t26-,29?,30+/m0/s1. The zero-order chi connectivity index (χ0) is 26.4. The van der Waals surface area contributed by atoms with Crippen LogP contribution in [0, 0.1) is 6.92 Å². The van der Waals surface area contributed by atoms with Crippen LogP contribution in [0.5, 0.6) is 5.75 Å². The van der Waals surface area contributed by atoms with Gasteiger partial charge in [0.2, 0.25) is 5.91 Å². The van der Waals surface area contributed by atoms with Crippen LogP contribution in [0.15, 0.2) is 66.7 Å². The van der Waals surface area contributed by atoms with Crippen LogP contribution in [0.3, 0.4) is 0 Å². The molecule has 1 unspecified atom stereocenters. The maximum atomic E-state index is 13.4. The number of hydrogen-bond acceptors (Lipinski definition) is 4. The minimum atomic E-state index is -0.377. The molecule has 3 atom stereocenters. The molecule has 0 spiro atoms. The number of ether oxygens (including phenoxy) is 3. The maximum Gasteiger partial charge on any atom is 0.249 e. The topological polar surface area (TPSA) is 48.0 Å². The van der Waals surface area contributed by atoms with Crippen LogP contribution in [0.1, 0.15) is 54.2 Å². The molecule has 1 fully saturated rings. The zero-order valence-electron chi connectivity index (χ0n) is 21.5. The van der Waals surface area contributed by atoms with E-state index in [1.807, 2.05) is 78.6 Å². The molecule has 7 heteroatoms. The van der Waals surface area contributed by atoms with E-state index < -0.39 is 0 Å². The summed E-state index contributed by atoms with van der Waals surface area (Å²) >= 11 is 12.5. The largest absolute Gasteiger partial charge is 0.496 e. The summed E-state index contributed by atoms with van der Waals surface area (Å²) in [7, 11) is 1.67. The van der Waals surface area contributed by atoms with Crippen LogP contribution in [-0.4, -0.2) is 37.2 Å². The molecular formula is C30H33Cl2NO4. The molecule has 3 aromatic carbocycles. The van der Waals surface area contributed by atoms with E-state index in [1.165, 1.54) is 0 Å². The Bertz CT molecular complexity index is 1200. The van der Waals surface area contributed by atoms with E-state index >= 15 is 0 Å². The third kappa shape index (κ3) is 6.66. The summed E-state index contributed by atoms with van der Waals surface area (Å²) in [5, 5.41) is 1.26. The normalized spacial score (nSPS) is 18.6. The Morgan fingerprint density at radius 1 is 1.03 bits per heavy atom. The summed E-state index contributed by atoms with van der Waals surface area (Å²) in [5.41, 5.74) is 3.98. The fraction of sp³-hybridized carbons (Fsp3) is 0.367. The van der Waals surface area contributed by atoms with Gasteiger partial charge in [0.1, 0.15) is 18.5 Å². The monoisotopic (exact) mass is 541 g/mol. The number of nitrogens with zero attached hydrogens (tertiary/aromatic N) is 1. The second kappa shape index (κ2) is 12.8. The second-order valence-electron chi connectivity index (χ2n) is 9.35. The number of halogens is 2. The molecule has 3 aromatic rings. The number of methoxy groups -OCH3 is 1. The minimum absolute atomic E-state index is 0.00333. The number of amides is 1. The van der Waals surface area contributed by atoms with Gasteiger partial charge in [-0.3, -0.25) is 4.79 Å². The van der Waals surface area contributed by atoms with E-state index in [0.29, 0.717) is 23.3 Å². The molecule has 0 N–H and O–H groups in total. The number of benzene rings is 3. The molecule has 1 saturated heterocycles. The Kier molecular flexibility index (Phi) is 9.49. The van der Waals surface area contributed by atoms with Crippen molar-refractivity contribution < 1.29 is 19.0 Å². The number of hydrogen-bond donors (Lipinski definition) is 0. The maximum absolute atomic E-state index is 13.4. The molecule has 37 heavy (non-hydrogen) atoms. The molecule has 0 saturated carbocycles. The van der Waals surface area contributed by atoms with Crippen molar-refractivity contribution in [2.75, 3.05) is 20.3 Å². The van der Waals surface area contributed by atoms with E-state index in [1.54, 1.807) is 7.11 Å². The van der Waals surface area contributed by atoms with Crippen molar-refractivity contribution in [3.8, 4) is 5.75 Å². The number of aryl methyl sites for hydroxylation is 1. The highest BCUT2D eigenvalue weighted by Gasteiger charge is 2.42. The highest BCUT2D eigenvalue weighted by molar-refractivity contribution is 6.30. The fourth-order valence-corrected chi connectivity index (χ4v) is 5.24. The van der Waals surface area contributed by atoms with Crippen LogP contribution in [0.2, 0.25) is 10.0 Å². The minimum Gasteiger partial charge on any atom is -0.496 e. The van der Waals surface area contributed by atoms with Gasteiger partial charge in [0.15, 0.2) is 0 Å². The quantitative estimate of drug-likeness (QED) is 0.269. The lowest BCUT2D eigenvalue weighted by Crippen LogP contribution is -2.52. The van der Waals surface area contributed by atoms with Crippen LogP contribution >= 0.6 is 23.2 Å². The zero-order valence-corrected chi connectivity index (χ0v) is 23.0. The molecule has 0 bridgehead atoms. The second-order valence-corrected chi connectivity index (χ2v) is 10.2. The van der Waals surface area contributed by atoms with Gasteiger partial charge >= 0.3 is 0 Å². The van der Waals surface area contributed by atoms with E-state index in [2.05, 4.69) is 6.92 Å². The first-order valence-electron chi connectivity index (χ1n) is 12.6. The summed E-state index contributed by atoms with van der Waals surface area (Å²) in [6.07, 6.45) is 1.33.